The van der Waals surface area contributed by atoms with Gasteiger partial charge in [-0.3, -0.25) is 4.98 Å². The predicted octanol–water partition coefficient (Wildman–Crippen LogP) is 4.93. The first-order valence-corrected chi connectivity index (χ1v) is 9.06. The molecule has 4 rings (SSSR count). The third-order valence-electron chi connectivity index (χ3n) is 4.04. The number of hydrogen-bond donors (Lipinski definition) is 2. The molecule has 2 aromatic heterocycles. The van der Waals surface area contributed by atoms with Crippen LogP contribution < -0.4 is 10.6 Å². The van der Waals surface area contributed by atoms with E-state index < -0.39 is 0 Å². The third-order valence-corrected chi connectivity index (χ3v) is 4.93. The normalized spacial score (nSPS) is 13.5. The van der Waals surface area contributed by atoms with Crippen LogP contribution in [0.15, 0.2) is 53.3 Å². The molecule has 6 heteroatoms. The fraction of sp³-hybridized carbons (Fsp3) is 0.211. The van der Waals surface area contributed by atoms with Gasteiger partial charge in [0, 0.05) is 40.2 Å². The summed E-state index contributed by atoms with van der Waals surface area (Å²) in [5.41, 5.74) is 4.06. The Morgan fingerprint density at radius 3 is 2.56 bits per heavy atom. The lowest BCUT2D eigenvalue weighted by molar-refractivity contribution is 1.06. The van der Waals surface area contributed by atoms with Crippen LogP contribution in [-0.4, -0.2) is 21.0 Å². The van der Waals surface area contributed by atoms with Crippen LogP contribution in [0.2, 0.25) is 0 Å². The minimum Gasteiger partial charge on any atom is -0.351 e. The van der Waals surface area contributed by atoms with E-state index in [-0.39, 0.29) is 0 Å². The van der Waals surface area contributed by atoms with Gasteiger partial charge < -0.3 is 10.6 Å². The van der Waals surface area contributed by atoms with E-state index in [1.54, 1.807) is 12.4 Å². The van der Waals surface area contributed by atoms with Crippen LogP contribution in [0.4, 0.5) is 17.5 Å². The lowest BCUT2D eigenvalue weighted by Crippen LogP contribution is -2.07. The zero-order valence-corrected chi connectivity index (χ0v) is 15.4. The van der Waals surface area contributed by atoms with Crippen LogP contribution in [0.3, 0.4) is 0 Å². The van der Waals surface area contributed by atoms with Crippen molar-refractivity contribution in [3.63, 3.8) is 0 Å². The summed E-state index contributed by atoms with van der Waals surface area (Å²) in [6.07, 6.45) is 5.91. The number of nitrogens with one attached hydrogen (secondary N) is 2. The van der Waals surface area contributed by atoms with E-state index in [9.17, 15) is 0 Å². The van der Waals surface area contributed by atoms with Crippen LogP contribution in [0.25, 0.3) is 11.3 Å². The lowest BCUT2D eigenvalue weighted by Gasteiger charge is -2.12. The van der Waals surface area contributed by atoms with E-state index in [4.69, 9.17) is 0 Å². The molecular formula is C19H18BrN5. The van der Waals surface area contributed by atoms with Crippen molar-refractivity contribution >= 4 is 33.4 Å². The maximum absolute atomic E-state index is 4.66. The SMILES string of the molecule is Cc1cc(Nc2cc(-c3ccncc3)nc(NC3CC3)n2)ccc1Br. The van der Waals surface area contributed by atoms with Gasteiger partial charge in [0.1, 0.15) is 5.82 Å². The Morgan fingerprint density at radius 2 is 1.84 bits per heavy atom. The Hall–Kier alpha value is -2.47. The first kappa shape index (κ1) is 16.0. The maximum atomic E-state index is 4.66. The van der Waals surface area contributed by atoms with Crippen LogP contribution in [-0.2, 0) is 0 Å². The highest BCUT2D eigenvalue weighted by molar-refractivity contribution is 9.10. The molecule has 1 aliphatic carbocycles. The summed E-state index contributed by atoms with van der Waals surface area (Å²) >= 11 is 3.53. The van der Waals surface area contributed by atoms with E-state index in [1.807, 2.05) is 30.3 Å². The summed E-state index contributed by atoms with van der Waals surface area (Å²) in [6.45, 7) is 2.07. The number of hydrogen-bond acceptors (Lipinski definition) is 5. The van der Waals surface area contributed by atoms with Crippen molar-refractivity contribution < 1.29 is 0 Å². The molecule has 1 fully saturated rings. The number of nitrogens with zero attached hydrogens (tertiary/aromatic N) is 3. The van der Waals surface area contributed by atoms with Gasteiger partial charge in [0.15, 0.2) is 0 Å². The summed E-state index contributed by atoms with van der Waals surface area (Å²) in [5, 5.41) is 6.78. The summed E-state index contributed by atoms with van der Waals surface area (Å²) < 4.78 is 1.09. The second kappa shape index (κ2) is 6.80. The van der Waals surface area contributed by atoms with Gasteiger partial charge in [-0.05, 0) is 55.7 Å². The standard InChI is InChI=1S/C19H18BrN5/c1-12-10-15(4-5-16(12)20)22-18-11-17(13-6-8-21-9-7-13)24-19(25-18)23-14-2-3-14/h4-11,14H,2-3H2,1H3,(H2,22,23,24,25). The first-order valence-electron chi connectivity index (χ1n) is 8.26. The minimum atomic E-state index is 0.496. The maximum Gasteiger partial charge on any atom is 0.225 e. The molecule has 0 radical (unpaired) electrons. The fourth-order valence-corrected chi connectivity index (χ4v) is 2.77. The third kappa shape index (κ3) is 3.96. The van der Waals surface area contributed by atoms with Crippen molar-refractivity contribution in [1.29, 1.82) is 0 Å². The van der Waals surface area contributed by atoms with E-state index in [0.29, 0.717) is 12.0 Å². The van der Waals surface area contributed by atoms with Crippen molar-refractivity contribution in [3.05, 3.63) is 58.8 Å². The second-order valence-electron chi connectivity index (χ2n) is 6.21. The molecule has 1 aliphatic rings. The molecule has 0 amide bonds. The summed E-state index contributed by atoms with van der Waals surface area (Å²) in [6, 6.07) is 12.5. The lowest BCUT2D eigenvalue weighted by atomic mass is 10.2. The van der Waals surface area contributed by atoms with Crippen LogP contribution in [0, 0.1) is 6.92 Å². The molecule has 0 atom stereocenters. The highest BCUT2D eigenvalue weighted by Crippen LogP contribution is 2.28. The molecule has 0 aliphatic heterocycles. The van der Waals surface area contributed by atoms with E-state index >= 15 is 0 Å². The number of rotatable bonds is 5. The monoisotopic (exact) mass is 395 g/mol. The molecule has 126 valence electrons. The second-order valence-corrected chi connectivity index (χ2v) is 7.06. The van der Waals surface area contributed by atoms with E-state index in [1.165, 1.54) is 18.4 Å². The Bertz CT molecular complexity index is 894. The van der Waals surface area contributed by atoms with Crippen LogP contribution in [0.5, 0.6) is 0 Å². The highest BCUT2D eigenvalue weighted by Gasteiger charge is 2.22. The fourth-order valence-electron chi connectivity index (χ4n) is 2.53. The molecule has 3 aromatic rings. The quantitative estimate of drug-likeness (QED) is 0.641. The number of aryl methyl sites for hydroxylation is 1. The molecule has 1 aromatic carbocycles. The summed E-state index contributed by atoms with van der Waals surface area (Å²) in [4.78, 5) is 13.4. The van der Waals surface area contributed by atoms with Gasteiger partial charge in [0.2, 0.25) is 5.95 Å². The van der Waals surface area contributed by atoms with Crippen molar-refractivity contribution in [1.82, 2.24) is 15.0 Å². The average molecular weight is 396 g/mol. The number of pyridine rings is 1. The zero-order chi connectivity index (χ0) is 17.2. The largest absolute Gasteiger partial charge is 0.351 e. The Morgan fingerprint density at radius 1 is 1.04 bits per heavy atom. The molecular weight excluding hydrogens is 378 g/mol. The molecule has 5 nitrogen and oxygen atoms in total. The van der Waals surface area contributed by atoms with Crippen LogP contribution in [0.1, 0.15) is 18.4 Å². The van der Waals surface area contributed by atoms with Crippen molar-refractivity contribution in [3.8, 4) is 11.3 Å². The number of anilines is 3. The zero-order valence-electron chi connectivity index (χ0n) is 13.8. The molecule has 0 saturated heterocycles. The Balaban J connectivity index is 1.68. The van der Waals surface area contributed by atoms with Gasteiger partial charge in [0.05, 0.1) is 5.69 Å². The minimum absolute atomic E-state index is 0.496. The first-order chi connectivity index (χ1) is 12.2. The van der Waals surface area contributed by atoms with Crippen LogP contribution >= 0.6 is 15.9 Å². The van der Waals surface area contributed by atoms with Crippen molar-refractivity contribution in [2.45, 2.75) is 25.8 Å². The highest BCUT2D eigenvalue weighted by atomic mass is 79.9. The Kier molecular flexibility index (Phi) is 4.36. The van der Waals surface area contributed by atoms with Gasteiger partial charge in [-0.15, -0.1) is 0 Å². The van der Waals surface area contributed by atoms with E-state index in [0.717, 1.165) is 27.2 Å². The molecule has 0 spiro atoms. The average Bonchev–Trinajstić information content (AvgIpc) is 3.43. The van der Waals surface area contributed by atoms with Gasteiger partial charge in [0.25, 0.3) is 0 Å². The molecule has 1 saturated carbocycles. The molecule has 2 heterocycles. The van der Waals surface area contributed by atoms with Gasteiger partial charge in [-0.1, -0.05) is 15.9 Å². The van der Waals surface area contributed by atoms with Gasteiger partial charge in [-0.2, -0.15) is 4.98 Å². The van der Waals surface area contributed by atoms with Crippen molar-refractivity contribution in [2.24, 2.45) is 0 Å². The van der Waals surface area contributed by atoms with Crippen molar-refractivity contribution in [2.75, 3.05) is 10.6 Å². The number of aromatic nitrogens is 3. The topological polar surface area (TPSA) is 62.7 Å². The van der Waals surface area contributed by atoms with Gasteiger partial charge >= 0.3 is 0 Å². The molecule has 0 bridgehead atoms. The Labute approximate surface area is 155 Å². The van der Waals surface area contributed by atoms with E-state index in [2.05, 4.69) is 54.5 Å². The molecule has 0 unspecified atom stereocenters. The number of benzene rings is 1. The summed E-state index contributed by atoms with van der Waals surface area (Å²) in [5.74, 6) is 1.43. The summed E-state index contributed by atoms with van der Waals surface area (Å²) in [7, 11) is 0. The molecule has 25 heavy (non-hydrogen) atoms. The van der Waals surface area contributed by atoms with Gasteiger partial charge in [-0.25, -0.2) is 4.98 Å². The molecule has 2 N–H and O–H groups in total. The number of halogens is 1. The predicted molar refractivity (Wildman–Crippen MR) is 104 cm³/mol. The smallest absolute Gasteiger partial charge is 0.225 e.